The Kier molecular flexibility index (Phi) is 5.31. The number of carbonyl (C=O) groups excluding carboxylic acids is 2. The number of rotatable bonds is 5. The van der Waals surface area contributed by atoms with Gasteiger partial charge in [-0.15, -0.1) is 0 Å². The highest BCUT2D eigenvalue weighted by atomic mass is 16.5. The van der Waals surface area contributed by atoms with E-state index in [1.807, 2.05) is 24.3 Å². The van der Waals surface area contributed by atoms with Crippen molar-refractivity contribution >= 4 is 17.8 Å². The highest BCUT2D eigenvalue weighted by molar-refractivity contribution is 6.39. The van der Waals surface area contributed by atoms with Crippen LogP contribution in [0, 0.1) is 0 Å². The predicted molar refractivity (Wildman–Crippen MR) is 71.2 cm³/mol. The molecule has 1 rings (SSSR count). The van der Waals surface area contributed by atoms with Gasteiger partial charge in [0.2, 0.25) is 0 Å². The van der Waals surface area contributed by atoms with Crippen LogP contribution in [0.1, 0.15) is 37.8 Å². The number of carbonyl (C=O) groups is 2. The molecule has 18 heavy (non-hydrogen) atoms. The average Bonchev–Trinajstić information content (AvgIpc) is 2.36. The lowest BCUT2D eigenvalue weighted by Gasteiger charge is -2.05. The summed E-state index contributed by atoms with van der Waals surface area (Å²) in [5.41, 5.74) is 2.10. The topological polar surface area (TPSA) is 43.4 Å². The average molecular weight is 246 g/mol. The van der Waals surface area contributed by atoms with Crippen molar-refractivity contribution < 1.29 is 14.3 Å². The van der Waals surface area contributed by atoms with Crippen molar-refractivity contribution in [1.29, 1.82) is 0 Å². The first-order valence-corrected chi connectivity index (χ1v) is 6.03. The number of hydrogen-bond donors (Lipinski definition) is 0. The minimum atomic E-state index is -0.811. The van der Waals surface area contributed by atoms with Crippen LogP contribution in [0.25, 0.3) is 6.08 Å². The summed E-state index contributed by atoms with van der Waals surface area (Å²) < 4.78 is 4.61. The van der Waals surface area contributed by atoms with Crippen LogP contribution in [0.15, 0.2) is 30.3 Å². The highest BCUT2D eigenvalue weighted by Crippen LogP contribution is 2.16. The Bertz CT molecular complexity index is 459. The quantitative estimate of drug-likeness (QED) is 0.456. The van der Waals surface area contributed by atoms with Crippen LogP contribution in [0.4, 0.5) is 0 Å². The van der Waals surface area contributed by atoms with Gasteiger partial charge in [-0.25, -0.2) is 4.79 Å². The maximum atomic E-state index is 11.4. The maximum absolute atomic E-state index is 11.4. The third kappa shape index (κ3) is 4.17. The first-order chi connectivity index (χ1) is 8.54. The molecule has 0 aromatic heterocycles. The summed E-state index contributed by atoms with van der Waals surface area (Å²) in [6, 6.07) is 7.86. The third-order valence-corrected chi connectivity index (χ3v) is 2.48. The molecule has 1 aromatic carbocycles. The van der Waals surface area contributed by atoms with E-state index in [0.717, 1.165) is 5.56 Å². The summed E-state index contributed by atoms with van der Waals surface area (Å²) in [5.74, 6) is -1.01. The Morgan fingerprint density at radius 2 is 2.06 bits per heavy atom. The molecule has 1 aromatic rings. The standard InChI is InChI=1S/C15H18O3/c1-4-18-15(17)14(16)9-8-12-6-5-7-13(10-12)11(2)3/h5-11H,4H2,1-3H3/b9-8+. The Morgan fingerprint density at radius 3 is 2.67 bits per heavy atom. The summed E-state index contributed by atoms with van der Waals surface area (Å²) in [4.78, 5) is 22.5. The van der Waals surface area contributed by atoms with Crippen molar-refractivity contribution in [2.24, 2.45) is 0 Å². The molecule has 0 N–H and O–H groups in total. The van der Waals surface area contributed by atoms with Crippen LogP contribution in [0.2, 0.25) is 0 Å². The van der Waals surface area contributed by atoms with Gasteiger partial charge in [-0.2, -0.15) is 0 Å². The van der Waals surface area contributed by atoms with E-state index in [2.05, 4.69) is 18.6 Å². The second-order valence-electron chi connectivity index (χ2n) is 4.24. The normalized spacial score (nSPS) is 10.9. The van der Waals surface area contributed by atoms with Gasteiger partial charge in [0.1, 0.15) is 0 Å². The largest absolute Gasteiger partial charge is 0.460 e. The van der Waals surface area contributed by atoms with Crippen molar-refractivity contribution in [3.63, 3.8) is 0 Å². The molecular formula is C15H18O3. The summed E-state index contributed by atoms with van der Waals surface area (Å²) in [7, 11) is 0. The second kappa shape index (κ2) is 6.74. The SMILES string of the molecule is CCOC(=O)C(=O)/C=C/c1cccc(C(C)C)c1. The zero-order valence-electron chi connectivity index (χ0n) is 11.0. The van der Waals surface area contributed by atoms with Crippen LogP contribution in [0.3, 0.4) is 0 Å². The lowest BCUT2D eigenvalue weighted by Crippen LogP contribution is -2.14. The van der Waals surface area contributed by atoms with Gasteiger partial charge in [0.15, 0.2) is 0 Å². The Morgan fingerprint density at radius 1 is 1.33 bits per heavy atom. The molecule has 3 nitrogen and oxygen atoms in total. The third-order valence-electron chi connectivity index (χ3n) is 2.48. The van der Waals surface area contributed by atoms with Crippen molar-refractivity contribution in [2.75, 3.05) is 6.61 Å². The van der Waals surface area contributed by atoms with E-state index < -0.39 is 11.8 Å². The Hall–Kier alpha value is -1.90. The molecule has 0 saturated heterocycles. The van der Waals surface area contributed by atoms with Crippen LogP contribution < -0.4 is 0 Å². The molecular weight excluding hydrogens is 228 g/mol. The van der Waals surface area contributed by atoms with Gasteiger partial charge in [0.25, 0.3) is 5.78 Å². The second-order valence-corrected chi connectivity index (χ2v) is 4.24. The minimum Gasteiger partial charge on any atom is -0.460 e. The molecule has 0 bridgehead atoms. The Labute approximate surface area is 107 Å². The molecule has 3 heteroatoms. The number of hydrogen-bond acceptors (Lipinski definition) is 3. The van der Waals surface area contributed by atoms with Gasteiger partial charge in [0.05, 0.1) is 6.61 Å². The molecule has 96 valence electrons. The summed E-state index contributed by atoms with van der Waals surface area (Å²) in [5, 5.41) is 0. The van der Waals surface area contributed by atoms with Crippen molar-refractivity contribution in [3.8, 4) is 0 Å². The van der Waals surface area contributed by atoms with E-state index in [1.165, 1.54) is 11.6 Å². The molecule has 0 radical (unpaired) electrons. The summed E-state index contributed by atoms with van der Waals surface area (Å²) >= 11 is 0. The number of benzene rings is 1. The lowest BCUT2D eigenvalue weighted by atomic mass is 10.0. The van der Waals surface area contributed by atoms with Crippen molar-refractivity contribution in [3.05, 3.63) is 41.5 Å². The fraction of sp³-hybridized carbons (Fsp3) is 0.333. The fourth-order valence-electron chi connectivity index (χ4n) is 1.46. The van der Waals surface area contributed by atoms with Gasteiger partial charge in [-0.3, -0.25) is 4.79 Å². The smallest absolute Gasteiger partial charge is 0.379 e. The van der Waals surface area contributed by atoms with Gasteiger partial charge in [-0.05, 0) is 30.0 Å². The van der Waals surface area contributed by atoms with Crippen LogP contribution in [-0.4, -0.2) is 18.4 Å². The van der Waals surface area contributed by atoms with Crippen LogP contribution >= 0.6 is 0 Å². The number of esters is 1. The molecule has 0 saturated carbocycles. The molecule has 0 atom stereocenters. The first-order valence-electron chi connectivity index (χ1n) is 6.03. The minimum absolute atomic E-state index is 0.210. The maximum Gasteiger partial charge on any atom is 0.379 e. The fourth-order valence-corrected chi connectivity index (χ4v) is 1.46. The van der Waals surface area contributed by atoms with Gasteiger partial charge < -0.3 is 4.74 Å². The summed E-state index contributed by atoms with van der Waals surface area (Å²) in [6.45, 7) is 6.08. The van der Waals surface area contributed by atoms with Crippen LogP contribution in [0.5, 0.6) is 0 Å². The van der Waals surface area contributed by atoms with E-state index in [-0.39, 0.29) is 6.61 Å². The zero-order chi connectivity index (χ0) is 13.5. The number of ether oxygens (including phenoxy) is 1. The molecule has 0 aliphatic heterocycles. The van der Waals surface area contributed by atoms with E-state index >= 15 is 0 Å². The molecule has 0 fully saturated rings. The lowest BCUT2D eigenvalue weighted by molar-refractivity contribution is -0.151. The van der Waals surface area contributed by atoms with E-state index in [4.69, 9.17) is 0 Å². The van der Waals surface area contributed by atoms with Gasteiger partial charge in [0, 0.05) is 0 Å². The van der Waals surface area contributed by atoms with E-state index in [0.29, 0.717) is 5.92 Å². The monoisotopic (exact) mass is 246 g/mol. The number of ketones is 1. The summed E-state index contributed by atoms with van der Waals surface area (Å²) in [6.07, 6.45) is 2.88. The van der Waals surface area contributed by atoms with E-state index in [1.54, 1.807) is 13.0 Å². The van der Waals surface area contributed by atoms with E-state index in [9.17, 15) is 9.59 Å². The Balaban J connectivity index is 2.75. The molecule has 0 aliphatic carbocycles. The molecule has 0 amide bonds. The van der Waals surface area contributed by atoms with Gasteiger partial charge in [-0.1, -0.05) is 44.2 Å². The van der Waals surface area contributed by atoms with Gasteiger partial charge >= 0.3 is 5.97 Å². The molecule has 0 spiro atoms. The van der Waals surface area contributed by atoms with Crippen molar-refractivity contribution in [2.45, 2.75) is 26.7 Å². The molecule has 0 unspecified atom stereocenters. The van der Waals surface area contributed by atoms with Crippen LogP contribution in [-0.2, 0) is 14.3 Å². The predicted octanol–water partition coefficient (Wildman–Crippen LogP) is 2.96. The zero-order valence-corrected chi connectivity index (χ0v) is 11.0. The van der Waals surface area contributed by atoms with Crippen molar-refractivity contribution in [1.82, 2.24) is 0 Å². The molecule has 0 aliphatic rings. The first kappa shape index (κ1) is 14.2. The highest BCUT2D eigenvalue weighted by Gasteiger charge is 2.10. The molecule has 0 heterocycles.